The van der Waals surface area contributed by atoms with Crippen LogP contribution in [-0.2, 0) is 17.1 Å². The highest BCUT2D eigenvalue weighted by atomic mass is 79.9. The molecule has 0 bridgehead atoms. The van der Waals surface area contributed by atoms with Crippen molar-refractivity contribution in [2.24, 2.45) is 7.05 Å². The lowest BCUT2D eigenvalue weighted by molar-refractivity contribution is 0.597. The topological polar surface area (TPSA) is 89.8 Å². The maximum atomic E-state index is 12.1. The fourth-order valence-electron chi connectivity index (χ4n) is 1.25. The summed E-state index contributed by atoms with van der Waals surface area (Å²) >= 11 is 6.27. The Morgan fingerprint density at radius 1 is 1.32 bits per heavy atom. The molecule has 0 aliphatic rings. The number of rotatable bonds is 3. The van der Waals surface area contributed by atoms with E-state index in [2.05, 4.69) is 51.5 Å². The molecule has 0 aliphatic carbocycles. The Kier molecular flexibility index (Phi) is 3.92. The largest absolute Gasteiger partial charge is 0.337 e. The number of aryl methyl sites for hydroxylation is 2. The Labute approximate surface area is 126 Å². The molecule has 0 aromatic carbocycles. The van der Waals surface area contributed by atoms with Gasteiger partial charge in [-0.05, 0) is 38.8 Å². The molecule has 0 spiro atoms. The van der Waals surface area contributed by atoms with Crippen LogP contribution in [0.4, 0.5) is 5.82 Å². The quantitative estimate of drug-likeness (QED) is 0.833. The fraction of sp³-hybridized carbons (Fsp3) is 0.222. The van der Waals surface area contributed by atoms with E-state index < -0.39 is 10.0 Å². The lowest BCUT2D eigenvalue weighted by Gasteiger charge is -2.06. The second-order valence-corrected chi connectivity index (χ2v) is 6.87. The molecule has 2 aromatic heterocycles. The molecular weight excluding hydrogens is 402 g/mol. The Morgan fingerprint density at radius 2 is 2.00 bits per heavy atom. The molecule has 0 aliphatic heterocycles. The number of sulfonamides is 1. The van der Waals surface area contributed by atoms with Crippen molar-refractivity contribution in [1.82, 2.24) is 19.5 Å². The van der Waals surface area contributed by atoms with Crippen LogP contribution in [0.1, 0.15) is 5.82 Å². The third-order valence-corrected chi connectivity index (χ3v) is 4.44. The lowest BCUT2D eigenvalue weighted by Crippen LogP contribution is -2.15. The molecule has 0 atom stereocenters. The van der Waals surface area contributed by atoms with E-state index in [1.165, 1.54) is 12.4 Å². The summed E-state index contributed by atoms with van der Waals surface area (Å²) in [5.74, 6) is 0.702. The second-order valence-electron chi connectivity index (χ2n) is 3.67. The molecule has 7 nitrogen and oxygen atoms in total. The summed E-state index contributed by atoms with van der Waals surface area (Å²) in [6, 6.07) is 0. The minimum atomic E-state index is -3.78. The van der Waals surface area contributed by atoms with E-state index in [1.54, 1.807) is 18.5 Å². The third kappa shape index (κ3) is 3.12. The Bertz CT molecular complexity index is 709. The van der Waals surface area contributed by atoms with Crippen LogP contribution in [0.15, 0.2) is 26.6 Å². The zero-order chi connectivity index (χ0) is 14.2. The molecule has 0 radical (unpaired) electrons. The van der Waals surface area contributed by atoms with E-state index in [0.717, 1.165) is 0 Å². The van der Waals surface area contributed by atoms with Crippen molar-refractivity contribution in [3.63, 3.8) is 0 Å². The molecule has 1 N–H and O–H groups in total. The van der Waals surface area contributed by atoms with Gasteiger partial charge in [-0.2, -0.15) is 8.42 Å². The summed E-state index contributed by atoms with van der Waals surface area (Å²) in [6.07, 6.45) is 2.82. The van der Waals surface area contributed by atoms with Crippen LogP contribution in [0.2, 0.25) is 0 Å². The van der Waals surface area contributed by atoms with Gasteiger partial charge in [0.1, 0.15) is 10.4 Å². The highest BCUT2D eigenvalue weighted by Crippen LogP contribution is 2.22. The summed E-state index contributed by atoms with van der Waals surface area (Å²) in [6.45, 7) is 1.72. The fourth-order valence-corrected chi connectivity index (χ4v) is 3.35. The van der Waals surface area contributed by atoms with Gasteiger partial charge in [0.05, 0.1) is 6.20 Å². The Morgan fingerprint density at radius 3 is 2.53 bits per heavy atom. The highest BCUT2D eigenvalue weighted by Gasteiger charge is 2.20. The van der Waals surface area contributed by atoms with Gasteiger partial charge >= 0.3 is 0 Å². The molecule has 0 saturated heterocycles. The van der Waals surface area contributed by atoms with E-state index in [-0.39, 0.29) is 15.4 Å². The van der Waals surface area contributed by atoms with Crippen LogP contribution in [0.5, 0.6) is 0 Å². The minimum Gasteiger partial charge on any atom is -0.337 e. The van der Waals surface area contributed by atoms with Gasteiger partial charge in [-0.25, -0.2) is 15.0 Å². The maximum absolute atomic E-state index is 12.1. The molecule has 10 heteroatoms. The second kappa shape index (κ2) is 5.17. The zero-order valence-electron chi connectivity index (χ0n) is 9.92. The molecular formula is C9H9Br2N5O2S. The predicted molar refractivity (Wildman–Crippen MR) is 76.2 cm³/mol. The number of anilines is 1. The van der Waals surface area contributed by atoms with Gasteiger partial charge in [0, 0.05) is 13.2 Å². The van der Waals surface area contributed by atoms with Crippen LogP contribution >= 0.6 is 31.9 Å². The van der Waals surface area contributed by atoms with Gasteiger partial charge in [-0.1, -0.05) is 0 Å². The normalized spacial score (nSPS) is 11.6. The molecule has 0 fully saturated rings. The van der Waals surface area contributed by atoms with E-state index in [4.69, 9.17) is 0 Å². The molecule has 102 valence electrons. The average molecular weight is 411 g/mol. The molecule has 2 aromatic rings. The van der Waals surface area contributed by atoms with Crippen molar-refractivity contribution in [3.05, 3.63) is 27.4 Å². The van der Waals surface area contributed by atoms with Crippen molar-refractivity contribution in [2.75, 3.05) is 4.72 Å². The van der Waals surface area contributed by atoms with Gasteiger partial charge in [0.15, 0.2) is 15.4 Å². The monoisotopic (exact) mass is 409 g/mol. The number of imidazole rings is 1. The summed E-state index contributed by atoms with van der Waals surface area (Å²) in [4.78, 5) is 11.9. The smallest absolute Gasteiger partial charge is 0.282 e. The first-order valence-electron chi connectivity index (χ1n) is 5.00. The van der Waals surface area contributed by atoms with Gasteiger partial charge in [0.25, 0.3) is 10.0 Å². The van der Waals surface area contributed by atoms with Crippen molar-refractivity contribution in [2.45, 2.75) is 11.9 Å². The van der Waals surface area contributed by atoms with Gasteiger partial charge in [-0.3, -0.25) is 4.72 Å². The van der Waals surface area contributed by atoms with Crippen molar-refractivity contribution in [1.29, 1.82) is 0 Å². The number of halogens is 2. The standard InChI is InChI=1S/C9H9Br2N5O2S/c1-5-13-7(4-16(5)2)19(17,18)15-9-8(11)14-6(10)3-12-9/h3-4H,1-2H3,(H,12,15). The third-order valence-electron chi connectivity index (χ3n) is 2.29. The molecule has 0 unspecified atom stereocenters. The van der Waals surface area contributed by atoms with Crippen LogP contribution in [0, 0.1) is 6.92 Å². The van der Waals surface area contributed by atoms with Crippen LogP contribution in [-0.4, -0.2) is 27.9 Å². The highest BCUT2D eigenvalue weighted by molar-refractivity contribution is 9.11. The lowest BCUT2D eigenvalue weighted by atomic mass is 10.7. The first kappa shape index (κ1) is 14.4. The minimum absolute atomic E-state index is 0.0656. The summed E-state index contributed by atoms with van der Waals surface area (Å²) < 4.78 is 29.0. The average Bonchev–Trinajstić information content (AvgIpc) is 2.64. The molecule has 0 amide bonds. The summed E-state index contributed by atoms with van der Waals surface area (Å²) in [5.41, 5.74) is 0. The Balaban J connectivity index is 2.36. The van der Waals surface area contributed by atoms with Gasteiger partial charge in [0.2, 0.25) is 0 Å². The van der Waals surface area contributed by atoms with Crippen LogP contribution in [0.25, 0.3) is 0 Å². The Hall–Kier alpha value is -1.00. The zero-order valence-corrected chi connectivity index (χ0v) is 13.9. The first-order valence-corrected chi connectivity index (χ1v) is 8.07. The van der Waals surface area contributed by atoms with E-state index in [0.29, 0.717) is 10.4 Å². The number of nitrogens with one attached hydrogen (secondary N) is 1. The SMILES string of the molecule is Cc1nc(S(=O)(=O)Nc2ncc(Br)nc2Br)cn1C. The van der Waals surface area contributed by atoms with E-state index in [9.17, 15) is 8.42 Å². The molecule has 0 saturated carbocycles. The van der Waals surface area contributed by atoms with Crippen LogP contribution in [0.3, 0.4) is 0 Å². The first-order chi connectivity index (χ1) is 8.79. The number of nitrogens with zero attached hydrogens (tertiary/aromatic N) is 4. The van der Waals surface area contributed by atoms with Crippen molar-refractivity contribution < 1.29 is 8.42 Å². The predicted octanol–water partition coefficient (Wildman–Crippen LogP) is 1.84. The number of hydrogen-bond acceptors (Lipinski definition) is 5. The van der Waals surface area contributed by atoms with E-state index in [1.807, 2.05) is 0 Å². The summed E-state index contributed by atoms with van der Waals surface area (Å²) in [5, 5.41) is -0.0656. The molecule has 2 heterocycles. The van der Waals surface area contributed by atoms with E-state index >= 15 is 0 Å². The maximum Gasteiger partial charge on any atom is 0.282 e. The van der Waals surface area contributed by atoms with Gasteiger partial charge in [-0.15, -0.1) is 0 Å². The molecule has 2 rings (SSSR count). The number of hydrogen-bond donors (Lipinski definition) is 1. The van der Waals surface area contributed by atoms with Gasteiger partial charge < -0.3 is 4.57 Å². The summed E-state index contributed by atoms with van der Waals surface area (Å²) in [7, 11) is -2.06. The number of aromatic nitrogens is 4. The van der Waals surface area contributed by atoms with Crippen molar-refractivity contribution >= 4 is 47.7 Å². The van der Waals surface area contributed by atoms with Crippen molar-refractivity contribution in [3.8, 4) is 0 Å². The molecule has 19 heavy (non-hydrogen) atoms. The van der Waals surface area contributed by atoms with Crippen LogP contribution < -0.4 is 4.72 Å².